The second kappa shape index (κ2) is 4.38. The predicted octanol–water partition coefficient (Wildman–Crippen LogP) is -0.918. The second-order valence-corrected chi connectivity index (χ2v) is 2.44. The smallest absolute Gasteiger partial charge is 0.197 e. The normalized spacial score (nSPS) is 19.9. The molecule has 0 bridgehead atoms. The van der Waals surface area contributed by atoms with Crippen LogP contribution in [0.25, 0.3) is 0 Å². The third-order valence-electron chi connectivity index (χ3n) is 1.59. The Morgan fingerprint density at radius 2 is 1.86 bits per heavy atom. The second-order valence-electron chi connectivity index (χ2n) is 2.44. The van der Waals surface area contributed by atoms with Gasteiger partial charge in [-0.1, -0.05) is 0 Å². The zero-order chi connectivity index (χ0) is 10.1. The monoisotopic (exact) mass is 191 g/mol. The molecule has 0 spiro atoms. The van der Waals surface area contributed by atoms with Crippen molar-refractivity contribution < 1.29 is 32.0 Å². The van der Waals surface area contributed by atoms with Gasteiger partial charge in [0.05, 0.1) is 23.6 Å². The average molecular weight is 191 g/mol. The Morgan fingerprint density at radius 1 is 1.29 bits per heavy atom. The number of allylic oxidation sites excluding steroid dienone is 4. The fourth-order valence-electron chi connectivity index (χ4n) is 1.01. The van der Waals surface area contributed by atoms with E-state index in [0.717, 1.165) is 6.08 Å². The number of alkyl halides is 3. The molecule has 0 saturated heterocycles. The number of hydrogen-bond donors (Lipinski definition) is 0. The van der Waals surface area contributed by atoms with Gasteiger partial charge in [-0.2, -0.15) is 23.7 Å². The van der Waals surface area contributed by atoms with Crippen LogP contribution in [0.15, 0.2) is 23.3 Å². The summed E-state index contributed by atoms with van der Waals surface area (Å²) in [5, 5.41) is 16.7. The molecule has 2 nitrogen and oxygen atoms in total. The molecule has 1 aliphatic rings. The fourth-order valence-corrected chi connectivity index (χ4v) is 1.01. The van der Waals surface area contributed by atoms with Crippen LogP contribution in [0.1, 0.15) is 0 Å². The van der Waals surface area contributed by atoms with Crippen molar-refractivity contribution in [1.82, 2.24) is 0 Å². The molecule has 14 heavy (non-hydrogen) atoms. The van der Waals surface area contributed by atoms with Crippen molar-refractivity contribution in [1.29, 1.82) is 10.5 Å². The van der Waals surface area contributed by atoms with Crippen LogP contribution in [0.2, 0.25) is 0 Å². The van der Waals surface area contributed by atoms with Gasteiger partial charge in [0, 0.05) is 5.57 Å². The summed E-state index contributed by atoms with van der Waals surface area (Å²) in [5.74, 6) is -1.34. The number of halogens is 3. The molecule has 1 unspecified atom stereocenters. The number of nitrogens with zero attached hydrogens (tertiary/aromatic N) is 2. The van der Waals surface area contributed by atoms with Gasteiger partial charge in [0.1, 0.15) is 0 Å². The topological polar surface area (TPSA) is 47.6 Å². The summed E-state index contributed by atoms with van der Waals surface area (Å²) in [7, 11) is 0. The van der Waals surface area contributed by atoms with Gasteiger partial charge >= 0.3 is 25.0 Å². The SMILES string of the molecule is N#CC1=CC(C#N)C(C(F)(F)F)=C1.[Li+]. The standard InChI is InChI=1S/C8H3F3N2.Li/c9-8(10,11)7-2-5(3-12)1-6(7)4-13;/h1-2,6H;/q;+1. The third kappa shape index (κ3) is 2.42. The van der Waals surface area contributed by atoms with Gasteiger partial charge in [0.15, 0.2) is 0 Å². The molecule has 0 aromatic carbocycles. The molecule has 1 atom stereocenters. The summed E-state index contributed by atoms with van der Waals surface area (Å²) in [6.07, 6.45) is -2.83. The maximum Gasteiger partial charge on any atom is 1.00 e. The summed E-state index contributed by atoms with van der Waals surface area (Å²) in [6, 6.07) is 3.03. The van der Waals surface area contributed by atoms with Gasteiger partial charge in [-0.15, -0.1) is 0 Å². The Hall–Kier alpha value is -1.15. The van der Waals surface area contributed by atoms with E-state index in [2.05, 4.69) is 0 Å². The molecular formula is C8H3F3LiN2+. The Morgan fingerprint density at radius 3 is 2.14 bits per heavy atom. The van der Waals surface area contributed by atoms with Crippen molar-refractivity contribution in [2.24, 2.45) is 5.92 Å². The summed E-state index contributed by atoms with van der Waals surface area (Å²) < 4.78 is 36.4. The quantitative estimate of drug-likeness (QED) is 0.465. The minimum absolute atomic E-state index is 0. The Labute approximate surface area is 90.5 Å². The first-order chi connectivity index (χ1) is 5.99. The van der Waals surface area contributed by atoms with Crippen LogP contribution in [0.5, 0.6) is 0 Å². The van der Waals surface area contributed by atoms with E-state index in [0.29, 0.717) is 6.08 Å². The van der Waals surface area contributed by atoms with Crippen molar-refractivity contribution in [2.75, 3.05) is 0 Å². The number of nitriles is 2. The first-order valence-corrected chi connectivity index (χ1v) is 3.29. The first-order valence-electron chi connectivity index (χ1n) is 3.29. The maximum atomic E-state index is 12.1. The summed E-state index contributed by atoms with van der Waals surface area (Å²) in [6.45, 7) is 0. The largest absolute Gasteiger partial charge is 1.00 e. The summed E-state index contributed by atoms with van der Waals surface area (Å²) >= 11 is 0. The van der Waals surface area contributed by atoms with Crippen molar-refractivity contribution >= 4 is 0 Å². The minimum atomic E-state index is -4.53. The van der Waals surface area contributed by atoms with Gasteiger partial charge < -0.3 is 0 Å². The van der Waals surface area contributed by atoms with Crippen LogP contribution in [-0.4, -0.2) is 6.18 Å². The van der Waals surface area contributed by atoms with Gasteiger partial charge in [-0.3, -0.25) is 0 Å². The first kappa shape index (κ1) is 12.8. The summed E-state index contributed by atoms with van der Waals surface area (Å²) in [4.78, 5) is 0. The molecule has 0 N–H and O–H groups in total. The van der Waals surface area contributed by atoms with Gasteiger partial charge in [0.2, 0.25) is 0 Å². The molecule has 0 aromatic heterocycles. The fraction of sp³-hybridized carbons (Fsp3) is 0.250. The molecular weight excluding hydrogens is 188 g/mol. The van der Waals surface area contributed by atoms with E-state index in [1.807, 2.05) is 0 Å². The van der Waals surface area contributed by atoms with E-state index in [-0.39, 0.29) is 24.4 Å². The molecule has 0 fully saturated rings. The van der Waals surface area contributed by atoms with Crippen LogP contribution < -0.4 is 18.9 Å². The molecule has 6 heteroatoms. The molecule has 66 valence electrons. The van der Waals surface area contributed by atoms with E-state index in [9.17, 15) is 13.2 Å². The molecule has 1 rings (SSSR count). The van der Waals surface area contributed by atoms with Crippen LogP contribution >= 0.6 is 0 Å². The van der Waals surface area contributed by atoms with Crippen molar-refractivity contribution in [2.45, 2.75) is 6.18 Å². The molecule has 0 amide bonds. The molecule has 0 saturated carbocycles. The Bertz CT molecular complexity index is 368. The van der Waals surface area contributed by atoms with Gasteiger partial charge in [-0.05, 0) is 12.2 Å². The van der Waals surface area contributed by atoms with E-state index < -0.39 is 17.7 Å². The molecule has 0 aliphatic heterocycles. The minimum Gasteiger partial charge on any atom is -0.197 e. The zero-order valence-corrected chi connectivity index (χ0v) is 7.26. The Balaban J connectivity index is 0.00000169. The van der Waals surface area contributed by atoms with E-state index in [1.54, 1.807) is 6.07 Å². The van der Waals surface area contributed by atoms with Crippen LogP contribution in [0.3, 0.4) is 0 Å². The van der Waals surface area contributed by atoms with Gasteiger partial charge in [0.25, 0.3) is 0 Å². The molecule has 1 aliphatic carbocycles. The van der Waals surface area contributed by atoms with Crippen molar-refractivity contribution in [3.63, 3.8) is 0 Å². The van der Waals surface area contributed by atoms with Gasteiger partial charge in [-0.25, -0.2) is 0 Å². The van der Waals surface area contributed by atoms with E-state index in [1.165, 1.54) is 6.07 Å². The Kier molecular flexibility index (Phi) is 4.02. The average Bonchev–Trinajstić information content (AvgIpc) is 2.46. The van der Waals surface area contributed by atoms with E-state index in [4.69, 9.17) is 10.5 Å². The number of hydrogen-bond acceptors (Lipinski definition) is 2. The van der Waals surface area contributed by atoms with E-state index >= 15 is 0 Å². The number of rotatable bonds is 0. The maximum absolute atomic E-state index is 12.1. The van der Waals surface area contributed by atoms with Crippen LogP contribution in [0.4, 0.5) is 13.2 Å². The molecule has 0 heterocycles. The van der Waals surface area contributed by atoms with Crippen molar-refractivity contribution in [3.05, 3.63) is 23.3 Å². The zero-order valence-electron chi connectivity index (χ0n) is 7.26. The summed E-state index contributed by atoms with van der Waals surface area (Å²) in [5.41, 5.74) is -1.08. The third-order valence-corrected chi connectivity index (χ3v) is 1.59. The van der Waals surface area contributed by atoms with Crippen molar-refractivity contribution in [3.8, 4) is 12.1 Å². The van der Waals surface area contributed by atoms with Crippen LogP contribution in [0, 0.1) is 28.6 Å². The molecule has 0 aromatic rings. The van der Waals surface area contributed by atoms with Crippen LogP contribution in [-0.2, 0) is 0 Å². The predicted molar refractivity (Wildman–Crippen MR) is 36.9 cm³/mol. The molecule has 0 radical (unpaired) electrons.